The fourth-order valence-corrected chi connectivity index (χ4v) is 2.03. The molecule has 100 valence electrons. The van der Waals surface area contributed by atoms with Gasteiger partial charge in [0.2, 0.25) is 0 Å². The predicted octanol–water partition coefficient (Wildman–Crippen LogP) is 2.03. The number of methoxy groups -OCH3 is 2. The van der Waals surface area contributed by atoms with E-state index in [0.29, 0.717) is 24.6 Å². The van der Waals surface area contributed by atoms with Gasteiger partial charge in [0, 0.05) is 29.2 Å². The van der Waals surface area contributed by atoms with Crippen LogP contribution in [-0.4, -0.2) is 31.8 Å². The minimum atomic E-state index is -0.816. The quantitative estimate of drug-likeness (QED) is 0.753. The highest BCUT2D eigenvalue weighted by molar-refractivity contribution is 9.10. The van der Waals surface area contributed by atoms with Gasteiger partial charge in [0.1, 0.15) is 11.5 Å². The molecule has 2 N–H and O–H groups in total. The van der Waals surface area contributed by atoms with Crippen molar-refractivity contribution in [2.75, 3.05) is 20.8 Å². The van der Waals surface area contributed by atoms with Crippen molar-refractivity contribution in [3.8, 4) is 11.5 Å². The molecule has 0 fully saturated rings. The largest absolute Gasteiger partial charge is 0.497 e. The Balaban J connectivity index is 2.72. The summed E-state index contributed by atoms with van der Waals surface area (Å²) in [5, 5.41) is 11.6. The van der Waals surface area contributed by atoms with Crippen molar-refractivity contribution in [1.29, 1.82) is 0 Å². The smallest absolute Gasteiger partial charge is 0.304 e. The van der Waals surface area contributed by atoms with Gasteiger partial charge in [0.05, 0.1) is 20.6 Å². The summed E-state index contributed by atoms with van der Waals surface area (Å²) in [6.45, 7) is 0.942. The number of ether oxygens (including phenoxy) is 2. The van der Waals surface area contributed by atoms with Crippen molar-refractivity contribution in [2.24, 2.45) is 0 Å². The first-order valence-corrected chi connectivity index (χ1v) is 6.20. The first-order chi connectivity index (χ1) is 8.58. The zero-order valence-corrected chi connectivity index (χ0v) is 11.9. The second kappa shape index (κ2) is 7.23. The number of hydrogen-bond donors (Lipinski definition) is 2. The first-order valence-electron chi connectivity index (χ1n) is 5.41. The Bertz CT molecular complexity index is 423. The van der Waals surface area contributed by atoms with Crippen molar-refractivity contribution < 1.29 is 19.4 Å². The molecule has 1 aromatic carbocycles. The van der Waals surface area contributed by atoms with E-state index < -0.39 is 5.97 Å². The predicted molar refractivity (Wildman–Crippen MR) is 71.2 cm³/mol. The van der Waals surface area contributed by atoms with Crippen molar-refractivity contribution in [2.45, 2.75) is 13.0 Å². The molecule has 0 spiro atoms. The van der Waals surface area contributed by atoms with Crippen LogP contribution in [0, 0.1) is 0 Å². The van der Waals surface area contributed by atoms with E-state index in [9.17, 15) is 4.79 Å². The Kier molecular flexibility index (Phi) is 5.94. The molecule has 1 aromatic rings. The van der Waals surface area contributed by atoms with Gasteiger partial charge in [-0.25, -0.2) is 0 Å². The SMILES string of the molecule is COc1cc(Br)c(CNCCC(=O)O)c(OC)c1. The third-order valence-electron chi connectivity index (χ3n) is 2.40. The zero-order valence-electron chi connectivity index (χ0n) is 10.3. The molecule has 0 saturated carbocycles. The summed E-state index contributed by atoms with van der Waals surface area (Å²) in [6.07, 6.45) is 0.0933. The first kappa shape index (κ1) is 14.8. The topological polar surface area (TPSA) is 67.8 Å². The highest BCUT2D eigenvalue weighted by Gasteiger charge is 2.10. The van der Waals surface area contributed by atoms with Crippen LogP contribution in [0.15, 0.2) is 16.6 Å². The van der Waals surface area contributed by atoms with E-state index in [2.05, 4.69) is 21.2 Å². The molecule has 0 amide bonds. The number of halogens is 1. The maximum absolute atomic E-state index is 10.4. The van der Waals surface area contributed by atoms with Crippen LogP contribution in [0.25, 0.3) is 0 Å². The molecular weight excluding hydrogens is 302 g/mol. The number of carbonyl (C=O) groups is 1. The van der Waals surface area contributed by atoms with Gasteiger partial charge in [-0.1, -0.05) is 15.9 Å². The van der Waals surface area contributed by atoms with E-state index in [-0.39, 0.29) is 6.42 Å². The molecule has 1 rings (SSSR count). The van der Waals surface area contributed by atoms with E-state index in [1.54, 1.807) is 20.3 Å². The molecule has 0 heterocycles. The summed E-state index contributed by atoms with van der Waals surface area (Å²) in [5.74, 6) is 0.584. The molecule has 0 saturated heterocycles. The van der Waals surface area contributed by atoms with Crippen LogP contribution in [0.3, 0.4) is 0 Å². The van der Waals surface area contributed by atoms with Crippen molar-refractivity contribution in [3.05, 3.63) is 22.2 Å². The van der Waals surface area contributed by atoms with Crippen LogP contribution in [0.1, 0.15) is 12.0 Å². The maximum atomic E-state index is 10.4. The second-order valence-corrected chi connectivity index (χ2v) is 4.46. The second-order valence-electron chi connectivity index (χ2n) is 3.61. The standard InChI is InChI=1S/C12H16BrNO4/c1-17-8-5-10(13)9(11(6-8)18-2)7-14-4-3-12(15)16/h5-6,14H,3-4,7H2,1-2H3,(H,15,16). The minimum absolute atomic E-state index is 0.0933. The third kappa shape index (κ3) is 4.19. The monoisotopic (exact) mass is 317 g/mol. The fraction of sp³-hybridized carbons (Fsp3) is 0.417. The van der Waals surface area contributed by atoms with Crippen LogP contribution in [0.2, 0.25) is 0 Å². The van der Waals surface area contributed by atoms with Crippen molar-refractivity contribution in [1.82, 2.24) is 5.32 Å². The van der Waals surface area contributed by atoms with Gasteiger partial charge in [-0.3, -0.25) is 4.79 Å². The van der Waals surface area contributed by atoms with E-state index in [1.807, 2.05) is 6.07 Å². The highest BCUT2D eigenvalue weighted by atomic mass is 79.9. The van der Waals surface area contributed by atoms with Gasteiger partial charge in [0.25, 0.3) is 0 Å². The number of benzene rings is 1. The molecule has 0 radical (unpaired) electrons. The van der Waals surface area contributed by atoms with Crippen LogP contribution in [-0.2, 0) is 11.3 Å². The maximum Gasteiger partial charge on any atom is 0.304 e. The minimum Gasteiger partial charge on any atom is -0.497 e. The molecule has 6 heteroatoms. The van der Waals surface area contributed by atoms with E-state index in [0.717, 1.165) is 10.0 Å². The summed E-state index contributed by atoms with van der Waals surface area (Å²) < 4.78 is 11.3. The van der Waals surface area contributed by atoms with E-state index in [4.69, 9.17) is 14.6 Å². The summed E-state index contributed by atoms with van der Waals surface area (Å²) in [4.78, 5) is 10.4. The number of aliphatic carboxylic acids is 1. The van der Waals surface area contributed by atoms with Gasteiger partial charge in [-0.15, -0.1) is 0 Å². The van der Waals surface area contributed by atoms with Crippen molar-refractivity contribution >= 4 is 21.9 Å². The number of hydrogen-bond acceptors (Lipinski definition) is 4. The van der Waals surface area contributed by atoms with Crippen LogP contribution >= 0.6 is 15.9 Å². The summed E-state index contributed by atoms with van der Waals surface area (Å²) in [7, 11) is 3.17. The molecule has 18 heavy (non-hydrogen) atoms. The lowest BCUT2D eigenvalue weighted by molar-refractivity contribution is -0.136. The molecule has 0 aliphatic heterocycles. The molecule has 5 nitrogen and oxygen atoms in total. The number of rotatable bonds is 7. The lowest BCUT2D eigenvalue weighted by Gasteiger charge is -2.13. The number of carboxylic acid groups (broad SMARTS) is 1. The fourth-order valence-electron chi connectivity index (χ4n) is 1.47. The molecule has 0 bridgehead atoms. The Morgan fingerprint density at radius 3 is 2.67 bits per heavy atom. The average Bonchev–Trinajstić information content (AvgIpc) is 2.34. The molecule has 0 aromatic heterocycles. The van der Waals surface area contributed by atoms with Gasteiger partial charge >= 0.3 is 5.97 Å². The molecular formula is C12H16BrNO4. The highest BCUT2D eigenvalue weighted by Crippen LogP contribution is 2.32. The molecule has 0 atom stereocenters. The molecule has 0 aliphatic rings. The van der Waals surface area contributed by atoms with Gasteiger partial charge in [-0.2, -0.15) is 0 Å². The summed E-state index contributed by atoms with van der Waals surface area (Å²) in [6, 6.07) is 3.63. The lowest BCUT2D eigenvalue weighted by Crippen LogP contribution is -2.18. The Hall–Kier alpha value is -1.27. The van der Waals surface area contributed by atoms with Crippen molar-refractivity contribution in [3.63, 3.8) is 0 Å². The van der Waals surface area contributed by atoms with Crippen LogP contribution < -0.4 is 14.8 Å². The zero-order chi connectivity index (χ0) is 13.5. The Morgan fingerprint density at radius 1 is 1.39 bits per heavy atom. The molecule has 0 aliphatic carbocycles. The van der Waals surface area contributed by atoms with Crippen LogP contribution in [0.4, 0.5) is 0 Å². The number of carboxylic acids is 1. The lowest BCUT2D eigenvalue weighted by atomic mass is 10.2. The third-order valence-corrected chi connectivity index (χ3v) is 3.11. The van der Waals surface area contributed by atoms with E-state index in [1.165, 1.54) is 0 Å². The summed E-state index contributed by atoms with van der Waals surface area (Å²) >= 11 is 3.44. The normalized spacial score (nSPS) is 10.2. The molecule has 0 unspecified atom stereocenters. The average molecular weight is 318 g/mol. The number of nitrogens with one attached hydrogen (secondary N) is 1. The van der Waals surface area contributed by atoms with Gasteiger partial charge in [0.15, 0.2) is 0 Å². The van der Waals surface area contributed by atoms with Gasteiger partial charge in [-0.05, 0) is 6.07 Å². The van der Waals surface area contributed by atoms with Crippen LogP contribution in [0.5, 0.6) is 11.5 Å². The Morgan fingerprint density at radius 2 is 2.11 bits per heavy atom. The van der Waals surface area contributed by atoms with E-state index >= 15 is 0 Å². The Labute approximate surface area is 114 Å². The summed E-state index contributed by atoms with van der Waals surface area (Å²) in [5.41, 5.74) is 0.934. The van der Waals surface area contributed by atoms with Gasteiger partial charge < -0.3 is 19.9 Å².